The minimum Gasteiger partial charge on any atom is -0.399 e. The van der Waals surface area contributed by atoms with E-state index >= 15 is 0 Å². The molecule has 0 fully saturated rings. The van der Waals surface area contributed by atoms with Crippen molar-refractivity contribution in [3.8, 4) is 0 Å². The van der Waals surface area contributed by atoms with Gasteiger partial charge in [0.2, 0.25) is 5.91 Å². The highest BCUT2D eigenvalue weighted by molar-refractivity contribution is 7.07. The van der Waals surface area contributed by atoms with Gasteiger partial charge in [-0.2, -0.15) is 11.3 Å². The quantitative estimate of drug-likeness (QED) is 0.830. The fraction of sp³-hybridized carbons (Fsp3) is 0.214. The van der Waals surface area contributed by atoms with Gasteiger partial charge in [0.25, 0.3) is 0 Å². The Bertz CT molecular complexity index is 522. The van der Waals surface area contributed by atoms with Crippen molar-refractivity contribution >= 4 is 22.9 Å². The number of hydrogen-bond donors (Lipinski definition) is 2. The molecule has 2 aromatic rings. The summed E-state index contributed by atoms with van der Waals surface area (Å²) in [4.78, 5) is 12.0. The summed E-state index contributed by atoms with van der Waals surface area (Å²) in [6, 6.07) is 9.46. The van der Waals surface area contributed by atoms with Gasteiger partial charge in [-0.1, -0.05) is 12.1 Å². The zero-order valence-electron chi connectivity index (χ0n) is 10.2. The Morgan fingerprint density at radius 1 is 1.44 bits per heavy atom. The minimum absolute atomic E-state index is 0.0202. The number of nitrogens with two attached hydrogens (primary N) is 1. The fourth-order valence-electron chi connectivity index (χ4n) is 1.72. The maximum atomic E-state index is 12.0. The second-order valence-corrected chi connectivity index (χ2v) is 5.02. The van der Waals surface area contributed by atoms with Crippen LogP contribution in [0.1, 0.15) is 24.0 Å². The molecule has 2 rings (SSSR count). The van der Waals surface area contributed by atoms with Crippen molar-refractivity contribution in [2.24, 2.45) is 0 Å². The van der Waals surface area contributed by atoms with E-state index in [1.807, 2.05) is 48.0 Å². The monoisotopic (exact) mass is 260 g/mol. The van der Waals surface area contributed by atoms with E-state index in [9.17, 15) is 4.79 Å². The summed E-state index contributed by atoms with van der Waals surface area (Å²) in [6.07, 6.45) is 0. The van der Waals surface area contributed by atoms with Crippen molar-refractivity contribution in [2.75, 3.05) is 5.73 Å². The molecule has 0 bridgehead atoms. The van der Waals surface area contributed by atoms with E-state index in [0.717, 1.165) is 11.1 Å². The highest BCUT2D eigenvalue weighted by atomic mass is 32.1. The zero-order valence-corrected chi connectivity index (χ0v) is 11.0. The van der Waals surface area contributed by atoms with Crippen LogP contribution in [0, 0.1) is 0 Å². The topological polar surface area (TPSA) is 55.1 Å². The Hall–Kier alpha value is -1.81. The summed E-state index contributed by atoms with van der Waals surface area (Å²) in [5.41, 5.74) is 8.48. The standard InChI is InChI=1S/C14H16N2OS/c1-10(12-3-2-4-13(15)7-12)14(17)16-8-11-5-6-18-9-11/h2-7,9-10H,8,15H2,1H3,(H,16,17). The third-order valence-corrected chi connectivity index (χ3v) is 3.58. The number of hydrogen-bond acceptors (Lipinski definition) is 3. The van der Waals surface area contributed by atoms with Crippen LogP contribution in [0.3, 0.4) is 0 Å². The molecule has 0 aliphatic rings. The normalized spacial score (nSPS) is 12.1. The average molecular weight is 260 g/mol. The smallest absolute Gasteiger partial charge is 0.227 e. The number of rotatable bonds is 4. The summed E-state index contributed by atoms with van der Waals surface area (Å²) in [5, 5.41) is 6.97. The van der Waals surface area contributed by atoms with Crippen molar-refractivity contribution in [1.82, 2.24) is 5.32 Å². The zero-order chi connectivity index (χ0) is 13.0. The van der Waals surface area contributed by atoms with Crippen LogP contribution >= 0.6 is 11.3 Å². The molecule has 0 saturated carbocycles. The Morgan fingerprint density at radius 3 is 2.94 bits per heavy atom. The first-order valence-corrected chi connectivity index (χ1v) is 6.75. The van der Waals surface area contributed by atoms with Crippen molar-refractivity contribution in [1.29, 1.82) is 0 Å². The largest absolute Gasteiger partial charge is 0.399 e. The molecule has 1 amide bonds. The Labute approximate surface area is 111 Å². The Morgan fingerprint density at radius 2 is 2.28 bits per heavy atom. The van der Waals surface area contributed by atoms with Gasteiger partial charge < -0.3 is 11.1 Å². The third kappa shape index (κ3) is 3.11. The fourth-order valence-corrected chi connectivity index (χ4v) is 2.38. The van der Waals surface area contributed by atoms with E-state index in [0.29, 0.717) is 12.2 Å². The molecule has 1 unspecified atom stereocenters. The molecule has 3 N–H and O–H groups in total. The summed E-state index contributed by atoms with van der Waals surface area (Å²) in [5.74, 6) is -0.168. The lowest BCUT2D eigenvalue weighted by Gasteiger charge is -2.12. The van der Waals surface area contributed by atoms with E-state index in [2.05, 4.69) is 5.32 Å². The van der Waals surface area contributed by atoms with Gasteiger partial charge >= 0.3 is 0 Å². The van der Waals surface area contributed by atoms with Crippen LogP contribution in [0.5, 0.6) is 0 Å². The first-order valence-electron chi connectivity index (χ1n) is 5.81. The number of benzene rings is 1. The molecule has 94 valence electrons. The van der Waals surface area contributed by atoms with Crippen LogP contribution in [-0.4, -0.2) is 5.91 Å². The summed E-state index contributed by atoms with van der Waals surface area (Å²) >= 11 is 1.63. The van der Waals surface area contributed by atoms with E-state index in [1.54, 1.807) is 11.3 Å². The highest BCUT2D eigenvalue weighted by Gasteiger charge is 2.14. The first kappa shape index (κ1) is 12.6. The number of thiophene rings is 1. The van der Waals surface area contributed by atoms with Crippen molar-refractivity contribution in [3.05, 3.63) is 52.2 Å². The minimum atomic E-state index is -0.188. The molecule has 0 aliphatic carbocycles. The van der Waals surface area contributed by atoms with E-state index in [1.165, 1.54) is 0 Å². The Kier molecular flexibility index (Phi) is 3.99. The first-order chi connectivity index (χ1) is 8.66. The summed E-state index contributed by atoms with van der Waals surface area (Å²) in [6.45, 7) is 2.46. The van der Waals surface area contributed by atoms with Crippen molar-refractivity contribution < 1.29 is 4.79 Å². The number of nitrogens with one attached hydrogen (secondary N) is 1. The van der Waals surface area contributed by atoms with Crippen molar-refractivity contribution in [3.63, 3.8) is 0 Å². The lowest BCUT2D eigenvalue weighted by Crippen LogP contribution is -2.27. The van der Waals surface area contributed by atoms with Crippen molar-refractivity contribution in [2.45, 2.75) is 19.4 Å². The molecule has 0 spiro atoms. The predicted molar refractivity (Wildman–Crippen MR) is 75.4 cm³/mol. The number of nitrogen functional groups attached to an aromatic ring is 1. The molecule has 0 aliphatic heterocycles. The molecular formula is C14H16N2OS. The molecule has 0 saturated heterocycles. The second-order valence-electron chi connectivity index (χ2n) is 4.24. The van der Waals surface area contributed by atoms with Gasteiger partial charge in [-0.05, 0) is 47.0 Å². The van der Waals surface area contributed by atoms with Gasteiger partial charge in [0.15, 0.2) is 0 Å². The van der Waals surface area contributed by atoms with E-state index in [4.69, 9.17) is 5.73 Å². The van der Waals surface area contributed by atoms with Crippen LogP contribution in [0.2, 0.25) is 0 Å². The maximum absolute atomic E-state index is 12.0. The second kappa shape index (κ2) is 5.69. The number of anilines is 1. The van der Waals surface area contributed by atoms with E-state index in [-0.39, 0.29) is 11.8 Å². The SMILES string of the molecule is CC(C(=O)NCc1ccsc1)c1cccc(N)c1. The predicted octanol–water partition coefficient (Wildman–Crippen LogP) is 2.75. The highest BCUT2D eigenvalue weighted by Crippen LogP contribution is 2.18. The Balaban J connectivity index is 1.96. The lowest BCUT2D eigenvalue weighted by molar-refractivity contribution is -0.122. The van der Waals surface area contributed by atoms with E-state index < -0.39 is 0 Å². The van der Waals surface area contributed by atoms with Gasteiger partial charge in [0.1, 0.15) is 0 Å². The molecule has 4 heteroatoms. The molecule has 3 nitrogen and oxygen atoms in total. The van der Waals surface area contributed by atoms with Gasteiger partial charge in [0, 0.05) is 12.2 Å². The van der Waals surface area contributed by atoms with Gasteiger partial charge in [-0.25, -0.2) is 0 Å². The van der Waals surface area contributed by atoms with Gasteiger partial charge in [0.05, 0.1) is 5.92 Å². The van der Waals surface area contributed by atoms with Crippen LogP contribution < -0.4 is 11.1 Å². The molecule has 1 heterocycles. The molecular weight excluding hydrogens is 244 g/mol. The average Bonchev–Trinajstić information content (AvgIpc) is 2.88. The number of carbonyl (C=O) groups excluding carboxylic acids is 1. The molecule has 1 atom stereocenters. The number of carbonyl (C=O) groups is 1. The maximum Gasteiger partial charge on any atom is 0.227 e. The van der Waals surface area contributed by atoms with Crippen LogP contribution in [0.4, 0.5) is 5.69 Å². The van der Waals surface area contributed by atoms with Crippen LogP contribution in [-0.2, 0) is 11.3 Å². The molecule has 1 aromatic carbocycles. The molecule has 0 radical (unpaired) electrons. The van der Waals surface area contributed by atoms with Gasteiger partial charge in [-0.3, -0.25) is 4.79 Å². The lowest BCUT2D eigenvalue weighted by atomic mass is 10.00. The number of amides is 1. The van der Waals surface area contributed by atoms with Gasteiger partial charge in [-0.15, -0.1) is 0 Å². The third-order valence-electron chi connectivity index (χ3n) is 2.85. The molecule has 18 heavy (non-hydrogen) atoms. The van der Waals surface area contributed by atoms with Crippen LogP contribution in [0.25, 0.3) is 0 Å². The summed E-state index contributed by atoms with van der Waals surface area (Å²) < 4.78 is 0. The summed E-state index contributed by atoms with van der Waals surface area (Å²) in [7, 11) is 0. The molecule has 1 aromatic heterocycles. The van der Waals surface area contributed by atoms with Crippen LogP contribution in [0.15, 0.2) is 41.1 Å².